The molecule has 4 nitrogen and oxygen atoms in total. The summed E-state index contributed by atoms with van der Waals surface area (Å²) in [5.41, 5.74) is 1.13. The molecule has 22 heavy (non-hydrogen) atoms. The Morgan fingerprint density at radius 1 is 1.18 bits per heavy atom. The molecule has 0 N–H and O–H groups in total. The largest absolute Gasteiger partial charge is 0.501 e. The number of ether oxygens (including phenoxy) is 3. The first kappa shape index (κ1) is 17.8. The fourth-order valence-corrected chi connectivity index (χ4v) is 1.88. The number of rotatable bonds is 9. The van der Waals surface area contributed by atoms with Crippen LogP contribution in [0.15, 0.2) is 42.2 Å². The summed E-state index contributed by atoms with van der Waals surface area (Å²) in [5, 5.41) is 0. The van der Waals surface area contributed by atoms with Crippen molar-refractivity contribution in [2.24, 2.45) is 0 Å². The van der Waals surface area contributed by atoms with Gasteiger partial charge in [0.25, 0.3) is 0 Å². The first-order valence-electron chi connectivity index (χ1n) is 7.41. The number of carbonyl (C=O) groups excluding carboxylic acids is 1. The summed E-state index contributed by atoms with van der Waals surface area (Å²) < 4.78 is 15.2. The number of hydrogen-bond donors (Lipinski definition) is 0. The highest BCUT2D eigenvalue weighted by atomic mass is 16.5. The Morgan fingerprint density at radius 2 is 1.91 bits per heavy atom. The van der Waals surface area contributed by atoms with Gasteiger partial charge in [0.2, 0.25) is 0 Å². The second-order valence-corrected chi connectivity index (χ2v) is 4.63. The lowest BCUT2D eigenvalue weighted by Gasteiger charge is -2.05. The van der Waals surface area contributed by atoms with Gasteiger partial charge in [-0.15, -0.1) is 0 Å². The topological polar surface area (TPSA) is 44.8 Å². The number of esters is 1. The SMILES string of the molecule is CCOC(=O)/C=C(/CCC/C=C/c1ccc(OC)cc1)OC. The average molecular weight is 304 g/mol. The van der Waals surface area contributed by atoms with Crippen LogP contribution in [0.4, 0.5) is 0 Å². The Bertz CT molecular complexity index is 500. The maximum absolute atomic E-state index is 11.3. The summed E-state index contributed by atoms with van der Waals surface area (Å²) in [6, 6.07) is 7.89. The van der Waals surface area contributed by atoms with Gasteiger partial charge in [-0.25, -0.2) is 4.79 Å². The molecule has 4 heteroatoms. The van der Waals surface area contributed by atoms with Gasteiger partial charge in [0, 0.05) is 6.42 Å². The van der Waals surface area contributed by atoms with Crippen LogP contribution in [0.25, 0.3) is 6.08 Å². The molecule has 0 heterocycles. The third kappa shape index (κ3) is 6.97. The highest BCUT2D eigenvalue weighted by Gasteiger charge is 2.02. The van der Waals surface area contributed by atoms with Crippen molar-refractivity contribution in [3.05, 3.63) is 47.7 Å². The molecule has 1 aromatic rings. The van der Waals surface area contributed by atoms with Crippen molar-refractivity contribution in [3.8, 4) is 5.75 Å². The van der Waals surface area contributed by atoms with Crippen LogP contribution in [0.5, 0.6) is 5.75 Å². The highest BCUT2D eigenvalue weighted by Crippen LogP contribution is 2.14. The summed E-state index contributed by atoms with van der Waals surface area (Å²) in [6.07, 6.45) is 8.13. The zero-order valence-electron chi connectivity index (χ0n) is 13.5. The highest BCUT2D eigenvalue weighted by molar-refractivity contribution is 5.82. The number of methoxy groups -OCH3 is 2. The van der Waals surface area contributed by atoms with E-state index >= 15 is 0 Å². The minimum absolute atomic E-state index is 0.354. The zero-order chi connectivity index (χ0) is 16.2. The van der Waals surface area contributed by atoms with Crippen molar-refractivity contribution in [2.45, 2.75) is 26.2 Å². The third-order valence-corrected chi connectivity index (χ3v) is 3.05. The molecule has 0 radical (unpaired) electrons. The summed E-state index contributed by atoms with van der Waals surface area (Å²) in [5.74, 6) is 1.15. The Labute approximate surface area is 132 Å². The van der Waals surface area contributed by atoms with Crippen molar-refractivity contribution >= 4 is 12.0 Å². The average Bonchev–Trinajstić information content (AvgIpc) is 2.54. The maximum atomic E-state index is 11.3. The molecular formula is C18H24O4. The van der Waals surface area contributed by atoms with Gasteiger partial charge >= 0.3 is 5.97 Å². The fraction of sp³-hybridized carbons (Fsp3) is 0.389. The monoisotopic (exact) mass is 304 g/mol. The molecular weight excluding hydrogens is 280 g/mol. The van der Waals surface area contributed by atoms with Crippen LogP contribution in [0.2, 0.25) is 0 Å². The third-order valence-electron chi connectivity index (χ3n) is 3.05. The Morgan fingerprint density at radius 3 is 2.50 bits per heavy atom. The Kier molecular flexibility index (Phi) is 8.50. The molecule has 0 amide bonds. The molecule has 0 unspecified atom stereocenters. The van der Waals surface area contributed by atoms with E-state index < -0.39 is 0 Å². The van der Waals surface area contributed by atoms with E-state index in [2.05, 4.69) is 12.2 Å². The van der Waals surface area contributed by atoms with Crippen molar-refractivity contribution < 1.29 is 19.0 Å². The van der Waals surface area contributed by atoms with Crippen molar-refractivity contribution in [2.75, 3.05) is 20.8 Å². The van der Waals surface area contributed by atoms with Gasteiger partial charge in [0.05, 0.1) is 26.9 Å². The minimum Gasteiger partial charge on any atom is -0.501 e. The molecule has 0 bridgehead atoms. The Hall–Kier alpha value is -2.23. The second kappa shape index (κ2) is 10.5. The molecule has 0 saturated carbocycles. The second-order valence-electron chi connectivity index (χ2n) is 4.63. The molecule has 0 atom stereocenters. The van der Waals surface area contributed by atoms with Crippen LogP contribution in [0, 0.1) is 0 Å². The molecule has 0 fully saturated rings. The number of unbranched alkanes of at least 4 members (excludes halogenated alkanes) is 1. The van der Waals surface area contributed by atoms with E-state index in [1.807, 2.05) is 24.3 Å². The molecule has 1 aromatic carbocycles. The molecule has 0 saturated heterocycles. The van der Waals surface area contributed by atoms with E-state index in [4.69, 9.17) is 14.2 Å². The summed E-state index contributed by atoms with van der Waals surface area (Å²) in [7, 11) is 3.22. The first-order valence-corrected chi connectivity index (χ1v) is 7.41. The van der Waals surface area contributed by atoms with E-state index in [1.54, 1.807) is 21.1 Å². The smallest absolute Gasteiger partial charge is 0.334 e. The van der Waals surface area contributed by atoms with E-state index in [0.717, 1.165) is 24.2 Å². The predicted molar refractivity (Wildman–Crippen MR) is 87.6 cm³/mol. The molecule has 120 valence electrons. The van der Waals surface area contributed by atoms with Crippen LogP contribution < -0.4 is 4.74 Å². The van der Waals surface area contributed by atoms with Gasteiger partial charge < -0.3 is 14.2 Å². The van der Waals surface area contributed by atoms with E-state index in [1.165, 1.54) is 6.08 Å². The van der Waals surface area contributed by atoms with E-state index in [-0.39, 0.29) is 5.97 Å². The Balaban J connectivity index is 2.36. The van der Waals surface area contributed by atoms with Gasteiger partial charge in [-0.3, -0.25) is 0 Å². The zero-order valence-corrected chi connectivity index (χ0v) is 13.5. The van der Waals surface area contributed by atoms with Crippen LogP contribution in [-0.2, 0) is 14.3 Å². The van der Waals surface area contributed by atoms with Crippen LogP contribution in [-0.4, -0.2) is 26.8 Å². The number of carbonyl (C=O) groups is 1. The number of hydrogen-bond acceptors (Lipinski definition) is 4. The number of benzene rings is 1. The maximum Gasteiger partial charge on any atom is 0.334 e. The standard InChI is InChI=1S/C18H24O4/c1-4-22-18(19)14-17(21-3)9-7-5-6-8-15-10-12-16(20-2)13-11-15/h6,8,10-14H,4-5,7,9H2,1-3H3/b8-6+,17-14-. The van der Waals surface area contributed by atoms with Gasteiger partial charge in [0.1, 0.15) is 11.5 Å². The molecule has 1 rings (SSSR count). The lowest BCUT2D eigenvalue weighted by atomic mass is 10.1. The quantitative estimate of drug-likeness (QED) is 0.300. The molecule has 0 aliphatic rings. The van der Waals surface area contributed by atoms with Crippen LogP contribution in [0.1, 0.15) is 31.7 Å². The van der Waals surface area contributed by atoms with Crippen molar-refractivity contribution in [1.82, 2.24) is 0 Å². The first-order chi connectivity index (χ1) is 10.7. The van der Waals surface area contributed by atoms with Gasteiger partial charge in [0.15, 0.2) is 0 Å². The molecule has 0 aliphatic carbocycles. The molecule has 0 aromatic heterocycles. The van der Waals surface area contributed by atoms with Crippen LogP contribution in [0.3, 0.4) is 0 Å². The van der Waals surface area contributed by atoms with Gasteiger partial charge in [-0.05, 0) is 37.5 Å². The van der Waals surface area contributed by atoms with Crippen LogP contribution >= 0.6 is 0 Å². The van der Waals surface area contributed by atoms with Gasteiger partial charge in [-0.2, -0.15) is 0 Å². The predicted octanol–water partition coefficient (Wildman–Crippen LogP) is 3.97. The van der Waals surface area contributed by atoms with Gasteiger partial charge in [-0.1, -0.05) is 24.3 Å². The summed E-state index contributed by atoms with van der Waals surface area (Å²) in [6.45, 7) is 2.15. The van der Waals surface area contributed by atoms with Crippen molar-refractivity contribution in [3.63, 3.8) is 0 Å². The minimum atomic E-state index is -0.354. The lowest BCUT2D eigenvalue weighted by Crippen LogP contribution is -2.02. The number of allylic oxidation sites excluding steroid dienone is 2. The van der Waals surface area contributed by atoms with E-state index in [0.29, 0.717) is 18.8 Å². The summed E-state index contributed by atoms with van der Waals surface area (Å²) in [4.78, 5) is 11.3. The molecule has 0 aliphatic heterocycles. The molecule has 0 spiro atoms. The van der Waals surface area contributed by atoms with E-state index in [9.17, 15) is 4.79 Å². The normalized spacial score (nSPS) is 11.5. The summed E-state index contributed by atoms with van der Waals surface area (Å²) >= 11 is 0. The fourth-order valence-electron chi connectivity index (χ4n) is 1.88. The van der Waals surface area contributed by atoms with Crippen molar-refractivity contribution in [1.29, 1.82) is 0 Å². The lowest BCUT2D eigenvalue weighted by molar-refractivity contribution is -0.137.